The van der Waals surface area contributed by atoms with Gasteiger partial charge in [-0.1, -0.05) is 37.4 Å². The summed E-state index contributed by atoms with van der Waals surface area (Å²) in [5.74, 6) is -3.05. The molecule has 1 aliphatic heterocycles. The van der Waals surface area contributed by atoms with Crippen LogP contribution in [0.1, 0.15) is 57.6 Å². The smallest absolute Gasteiger partial charge is 0.324 e. The highest BCUT2D eigenvalue weighted by atomic mass is 35.5. The number of aryl methyl sites for hydroxylation is 1. The quantitative estimate of drug-likeness (QED) is 0.604. The van der Waals surface area contributed by atoms with Crippen LogP contribution < -0.4 is 0 Å². The van der Waals surface area contributed by atoms with Crippen LogP contribution in [0.5, 0.6) is 0 Å². The summed E-state index contributed by atoms with van der Waals surface area (Å²) in [6, 6.07) is 5.73. The number of hydrogen-bond acceptors (Lipinski definition) is 4. The zero-order chi connectivity index (χ0) is 17.5. The third-order valence-corrected chi connectivity index (χ3v) is 5.37. The predicted molar refractivity (Wildman–Crippen MR) is 90.7 cm³/mol. The Morgan fingerprint density at radius 3 is 2.50 bits per heavy atom. The number of cyclic esters (lactones) is 2. The normalized spacial score (nSPS) is 26.0. The predicted octanol–water partition coefficient (Wildman–Crippen LogP) is 4.17. The van der Waals surface area contributed by atoms with Gasteiger partial charge in [-0.2, -0.15) is 0 Å². The summed E-state index contributed by atoms with van der Waals surface area (Å²) in [4.78, 5) is 25.4. The van der Waals surface area contributed by atoms with Gasteiger partial charge in [0, 0.05) is 24.3 Å². The molecule has 0 aromatic heterocycles. The second kappa shape index (κ2) is 6.07. The first-order valence-electron chi connectivity index (χ1n) is 8.54. The molecular formula is C19H23ClO4. The first-order valence-corrected chi connectivity index (χ1v) is 8.91. The fourth-order valence-corrected chi connectivity index (χ4v) is 4.31. The van der Waals surface area contributed by atoms with Crippen LogP contribution in [0.4, 0.5) is 0 Å². The summed E-state index contributed by atoms with van der Waals surface area (Å²) in [6.07, 6.45) is 4.22. The van der Waals surface area contributed by atoms with E-state index in [4.69, 9.17) is 21.1 Å². The number of halogens is 1. The van der Waals surface area contributed by atoms with Crippen molar-refractivity contribution in [1.82, 2.24) is 0 Å². The molecule has 0 spiro atoms. The van der Waals surface area contributed by atoms with Gasteiger partial charge in [-0.25, -0.2) is 0 Å². The van der Waals surface area contributed by atoms with Crippen molar-refractivity contribution in [3.05, 3.63) is 34.3 Å². The molecule has 0 radical (unpaired) electrons. The minimum Gasteiger partial charge on any atom is -0.422 e. The molecule has 0 unspecified atom stereocenters. The maximum absolute atomic E-state index is 12.7. The number of fused-ring (bicyclic) bond motifs is 1. The highest BCUT2D eigenvalue weighted by Gasteiger charge is 2.57. The molecule has 4 nitrogen and oxygen atoms in total. The van der Waals surface area contributed by atoms with Crippen LogP contribution in [0.15, 0.2) is 18.2 Å². The van der Waals surface area contributed by atoms with E-state index in [1.807, 2.05) is 18.2 Å². The lowest BCUT2D eigenvalue weighted by Crippen LogP contribution is -2.53. The van der Waals surface area contributed by atoms with E-state index in [0.29, 0.717) is 5.02 Å². The average Bonchev–Trinajstić information content (AvgIpc) is 2.82. The molecule has 1 aliphatic carbocycles. The van der Waals surface area contributed by atoms with Crippen molar-refractivity contribution in [3.63, 3.8) is 0 Å². The zero-order valence-corrected chi connectivity index (χ0v) is 15.1. The Balaban J connectivity index is 2.06. The molecule has 1 aromatic rings. The zero-order valence-electron chi connectivity index (χ0n) is 14.4. The fourth-order valence-electron chi connectivity index (χ4n) is 4.11. The summed E-state index contributed by atoms with van der Waals surface area (Å²) in [5, 5.41) is 0.676. The Morgan fingerprint density at radius 2 is 1.88 bits per heavy atom. The molecular weight excluding hydrogens is 328 g/mol. The number of esters is 2. The number of benzene rings is 1. The van der Waals surface area contributed by atoms with Gasteiger partial charge in [-0.3, -0.25) is 9.59 Å². The molecule has 0 N–H and O–H groups in total. The minimum absolute atomic E-state index is 0.477. The molecule has 0 bridgehead atoms. The Bertz CT molecular complexity index is 662. The van der Waals surface area contributed by atoms with E-state index in [1.165, 1.54) is 0 Å². The molecule has 1 aromatic carbocycles. The Labute approximate surface area is 147 Å². The minimum atomic E-state index is -1.20. The van der Waals surface area contributed by atoms with Gasteiger partial charge in [0.2, 0.25) is 0 Å². The topological polar surface area (TPSA) is 52.6 Å². The van der Waals surface area contributed by atoms with Crippen molar-refractivity contribution in [2.24, 2.45) is 5.92 Å². The van der Waals surface area contributed by atoms with E-state index in [1.54, 1.807) is 13.8 Å². The van der Waals surface area contributed by atoms with Crippen LogP contribution in [0.3, 0.4) is 0 Å². The largest absolute Gasteiger partial charge is 0.422 e. The van der Waals surface area contributed by atoms with E-state index in [2.05, 4.69) is 6.92 Å². The second-order valence-corrected chi connectivity index (χ2v) is 7.67. The molecule has 5 heteroatoms. The van der Waals surface area contributed by atoms with Gasteiger partial charge < -0.3 is 9.47 Å². The summed E-state index contributed by atoms with van der Waals surface area (Å²) >= 11 is 6.12. The highest BCUT2D eigenvalue weighted by Crippen LogP contribution is 2.50. The van der Waals surface area contributed by atoms with Crippen molar-refractivity contribution < 1.29 is 19.1 Å². The monoisotopic (exact) mass is 350 g/mol. The van der Waals surface area contributed by atoms with Gasteiger partial charge in [-0.05, 0) is 42.5 Å². The van der Waals surface area contributed by atoms with Gasteiger partial charge in [0.25, 0.3) is 5.79 Å². The van der Waals surface area contributed by atoms with Crippen LogP contribution in [-0.2, 0) is 30.9 Å². The van der Waals surface area contributed by atoms with Gasteiger partial charge in [0.05, 0.1) is 0 Å². The number of hydrogen-bond donors (Lipinski definition) is 0. The van der Waals surface area contributed by atoms with E-state index < -0.39 is 29.1 Å². The molecule has 2 aliphatic rings. The lowest BCUT2D eigenvalue weighted by molar-refractivity contribution is -0.244. The van der Waals surface area contributed by atoms with Crippen LogP contribution >= 0.6 is 11.6 Å². The SMILES string of the molecule is CCCC[C@@]1(C2C(=O)OC(C)(C)OC2=O)CCc2cc(Cl)ccc21. The van der Waals surface area contributed by atoms with Crippen LogP contribution in [0, 0.1) is 5.92 Å². The highest BCUT2D eigenvalue weighted by molar-refractivity contribution is 6.30. The Kier molecular flexibility index (Phi) is 4.37. The van der Waals surface area contributed by atoms with Gasteiger partial charge in [0.1, 0.15) is 0 Å². The van der Waals surface area contributed by atoms with Crippen molar-refractivity contribution in [2.45, 2.75) is 64.1 Å². The van der Waals surface area contributed by atoms with Crippen LogP contribution in [-0.4, -0.2) is 17.7 Å². The van der Waals surface area contributed by atoms with Crippen molar-refractivity contribution in [3.8, 4) is 0 Å². The number of carbonyl (C=O) groups excluding carboxylic acids is 2. The van der Waals surface area contributed by atoms with Gasteiger partial charge in [0.15, 0.2) is 5.92 Å². The molecule has 0 amide bonds. The third-order valence-electron chi connectivity index (χ3n) is 5.14. The molecule has 1 heterocycles. The third kappa shape index (κ3) is 2.81. The standard InChI is InChI=1S/C19H23ClO4/c1-4-5-9-19(10-8-12-11-13(20)6-7-14(12)19)15-16(21)23-18(2,3)24-17(15)22/h6-7,11,15H,4-5,8-10H2,1-3H3/t19-/m1/s1. The van der Waals surface area contributed by atoms with Crippen LogP contribution in [0.2, 0.25) is 5.02 Å². The maximum atomic E-state index is 12.7. The summed E-state index contributed by atoms with van der Waals surface area (Å²) in [6.45, 7) is 5.27. The Hall–Kier alpha value is -1.55. The molecule has 1 fully saturated rings. The van der Waals surface area contributed by atoms with E-state index in [-0.39, 0.29) is 0 Å². The second-order valence-electron chi connectivity index (χ2n) is 7.24. The number of unbranched alkanes of at least 4 members (excludes halogenated alkanes) is 1. The van der Waals surface area contributed by atoms with Crippen molar-refractivity contribution >= 4 is 23.5 Å². The first-order chi connectivity index (χ1) is 11.3. The maximum Gasteiger partial charge on any atom is 0.324 e. The van der Waals surface area contributed by atoms with E-state index in [0.717, 1.165) is 43.2 Å². The summed E-state index contributed by atoms with van der Waals surface area (Å²) in [7, 11) is 0. The summed E-state index contributed by atoms with van der Waals surface area (Å²) < 4.78 is 10.8. The number of rotatable bonds is 4. The number of carbonyl (C=O) groups is 2. The van der Waals surface area contributed by atoms with E-state index in [9.17, 15) is 9.59 Å². The van der Waals surface area contributed by atoms with Gasteiger partial charge >= 0.3 is 11.9 Å². The first kappa shape index (κ1) is 17.3. The average molecular weight is 351 g/mol. The Morgan fingerprint density at radius 1 is 1.21 bits per heavy atom. The summed E-state index contributed by atoms with van der Waals surface area (Å²) in [5.41, 5.74) is 1.60. The lowest BCUT2D eigenvalue weighted by atomic mass is 9.67. The molecule has 130 valence electrons. The van der Waals surface area contributed by atoms with E-state index >= 15 is 0 Å². The molecule has 1 atom stereocenters. The lowest BCUT2D eigenvalue weighted by Gasteiger charge is -2.41. The van der Waals surface area contributed by atoms with Gasteiger partial charge in [-0.15, -0.1) is 0 Å². The fraction of sp³-hybridized carbons (Fsp3) is 0.579. The molecule has 24 heavy (non-hydrogen) atoms. The van der Waals surface area contributed by atoms with Crippen LogP contribution in [0.25, 0.3) is 0 Å². The van der Waals surface area contributed by atoms with Crippen molar-refractivity contribution in [2.75, 3.05) is 0 Å². The molecule has 1 saturated heterocycles. The molecule has 0 saturated carbocycles. The number of ether oxygens (including phenoxy) is 2. The molecule has 3 rings (SSSR count). The van der Waals surface area contributed by atoms with Crippen molar-refractivity contribution in [1.29, 1.82) is 0 Å².